The zero-order valence-corrected chi connectivity index (χ0v) is 26.3. The maximum absolute atomic E-state index is 14.1. The number of imide groups is 2. The third-order valence-corrected chi connectivity index (χ3v) is 11.6. The SMILES string of the molecule is C=CCc1cccc(C2C3=CCC4C(=O)N(c5ccc(C)c(Cl)c5)C(=O)C4C3CC3(Cl)C(=O)N(CBr)C(=O)C23Cl)c1O. The first-order chi connectivity index (χ1) is 19.9. The topological polar surface area (TPSA) is 95.0 Å². The number of phenolic OH excluding ortho intramolecular Hbond substituents is 1. The Morgan fingerprint density at radius 1 is 1.10 bits per heavy atom. The van der Waals surface area contributed by atoms with E-state index in [9.17, 15) is 24.3 Å². The van der Waals surface area contributed by atoms with Crippen LogP contribution in [0.5, 0.6) is 5.75 Å². The Bertz CT molecular complexity index is 1630. The highest BCUT2D eigenvalue weighted by atomic mass is 79.9. The zero-order valence-electron chi connectivity index (χ0n) is 22.5. The number of carbonyl (C=O) groups is 4. The zero-order chi connectivity index (χ0) is 30.3. The summed E-state index contributed by atoms with van der Waals surface area (Å²) in [4.78, 5) is 53.7. The summed E-state index contributed by atoms with van der Waals surface area (Å²) >= 11 is 24.1. The summed E-state index contributed by atoms with van der Waals surface area (Å²) < 4.78 is 0. The fourth-order valence-electron chi connectivity index (χ4n) is 7.24. The number of phenols is 1. The van der Waals surface area contributed by atoms with Crippen molar-refractivity contribution in [3.05, 3.63) is 82.4 Å². The number of hydrogen-bond acceptors (Lipinski definition) is 5. The Kier molecular flexibility index (Phi) is 7.16. The van der Waals surface area contributed by atoms with Gasteiger partial charge < -0.3 is 5.11 Å². The Morgan fingerprint density at radius 2 is 1.83 bits per heavy atom. The molecule has 0 spiro atoms. The van der Waals surface area contributed by atoms with Crippen LogP contribution in [0.1, 0.15) is 35.4 Å². The van der Waals surface area contributed by atoms with Crippen LogP contribution in [0.25, 0.3) is 0 Å². The van der Waals surface area contributed by atoms with E-state index < -0.39 is 51.1 Å². The predicted octanol–water partition coefficient (Wildman–Crippen LogP) is 6.00. The molecule has 0 aromatic heterocycles. The van der Waals surface area contributed by atoms with Gasteiger partial charge in [0.25, 0.3) is 11.8 Å². The Labute approximate surface area is 266 Å². The average molecular weight is 693 g/mol. The maximum Gasteiger partial charge on any atom is 0.254 e. The summed E-state index contributed by atoms with van der Waals surface area (Å²) in [5, 5.41) is 11.9. The molecule has 7 nitrogen and oxygen atoms in total. The minimum Gasteiger partial charge on any atom is -0.507 e. The molecule has 4 aliphatic rings. The number of hydrogen-bond donors (Lipinski definition) is 1. The van der Waals surface area contributed by atoms with Crippen LogP contribution in [-0.4, -0.2) is 48.8 Å². The number of anilines is 1. The van der Waals surface area contributed by atoms with Gasteiger partial charge in [-0.2, -0.15) is 0 Å². The van der Waals surface area contributed by atoms with Crippen molar-refractivity contribution in [1.82, 2.24) is 4.90 Å². The standard InChI is InChI=1S/C31H26BrCl3N2O5/c1-3-5-16-6-4-7-20(25(16)38)24-18-10-11-19-23(27(40)37(26(19)39)17-9-8-15(2)22(33)12-17)21(18)13-30(34)28(41)36(14-32)29(42)31(24,30)35/h3-4,6-10,12,19,21,23-24,38H,1,5,11,13-14H2,2H3. The molecular weight excluding hydrogens is 667 g/mol. The Hall–Kier alpha value is -2.65. The number of amides is 4. The molecule has 2 saturated heterocycles. The molecule has 42 heavy (non-hydrogen) atoms. The van der Waals surface area contributed by atoms with Crippen molar-refractivity contribution >= 4 is 80.0 Å². The molecule has 6 atom stereocenters. The number of likely N-dealkylation sites (tertiary alicyclic amines) is 1. The van der Waals surface area contributed by atoms with Gasteiger partial charge in [-0.25, -0.2) is 4.90 Å². The molecule has 6 rings (SSSR count). The van der Waals surface area contributed by atoms with E-state index >= 15 is 0 Å². The number of alkyl halides is 3. The predicted molar refractivity (Wildman–Crippen MR) is 164 cm³/mol. The van der Waals surface area contributed by atoms with Crippen LogP contribution in [0.3, 0.4) is 0 Å². The van der Waals surface area contributed by atoms with Gasteiger partial charge >= 0.3 is 0 Å². The molecule has 1 saturated carbocycles. The monoisotopic (exact) mass is 690 g/mol. The molecule has 1 N–H and O–H groups in total. The number of aryl methyl sites for hydroxylation is 1. The van der Waals surface area contributed by atoms with E-state index in [0.717, 1.165) is 15.4 Å². The fourth-order valence-corrected chi connectivity index (χ4v) is 8.83. The first-order valence-corrected chi connectivity index (χ1v) is 15.7. The minimum absolute atomic E-state index is 0.0904. The first-order valence-electron chi connectivity index (χ1n) is 13.5. The lowest BCUT2D eigenvalue weighted by Gasteiger charge is -2.50. The summed E-state index contributed by atoms with van der Waals surface area (Å²) in [6.07, 6.45) is 3.91. The molecule has 2 aliphatic heterocycles. The van der Waals surface area contributed by atoms with E-state index in [-0.39, 0.29) is 30.0 Å². The van der Waals surface area contributed by atoms with Crippen LogP contribution in [0.15, 0.2) is 60.7 Å². The van der Waals surface area contributed by atoms with Crippen molar-refractivity contribution in [2.75, 3.05) is 10.4 Å². The summed E-state index contributed by atoms with van der Waals surface area (Å²) in [7, 11) is 0. The molecule has 11 heteroatoms. The summed E-state index contributed by atoms with van der Waals surface area (Å²) in [5.74, 6) is -5.56. The van der Waals surface area contributed by atoms with Gasteiger partial charge in [0.15, 0.2) is 9.75 Å². The normalized spacial score (nSPS) is 32.1. The molecule has 0 radical (unpaired) electrons. The number of fused-ring (bicyclic) bond motifs is 4. The average Bonchev–Trinajstić information content (AvgIpc) is 3.29. The van der Waals surface area contributed by atoms with Crippen LogP contribution >= 0.6 is 50.7 Å². The minimum atomic E-state index is -1.99. The molecule has 6 unspecified atom stereocenters. The van der Waals surface area contributed by atoms with Crippen molar-refractivity contribution in [2.45, 2.75) is 41.9 Å². The molecular formula is C31H26BrCl3N2O5. The third-order valence-electron chi connectivity index (χ3n) is 9.25. The van der Waals surface area contributed by atoms with Gasteiger partial charge in [-0.3, -0.25) is 24.1 Å². The molecule has 4 amide bonds. The third kappa shape index (κ3) is 3.77. The lowest BCUT2D eigenvalue weighted by Crippen LogP contribution is -2.60. The number of benzene rings is 2. The first kappa shape index (κ1) is 29.4. The van der Waals surface area contributed by atoms with Crippen LogP contribution in [-0.2, 0) is 25.6 Å². The van der Waals surface area contributed by atoms with Crippen molar-refractivity contribution in [2.24, 2.45) is 17.8 Å². The summed E-state index contributed by atoms with van der Waals surface area (Å²) in [6, 6.07) is 10.1. The number of para-hydroxylation sites is 1. The molecule has 0 bridgehead atoms. The van der Waals surface area contributed by atoms with Gasteiger partial charge in [0.2, 0.25) is 11.8 Å². The van der Waals surface area contributed by atoms with E-state index in [2.05, 4.69) is 22.5 Å². The highest BCUT2D eigenvalue weighted by molar-refractivity contribution is 9.09. The highest BCUT2D eigenvalue weighted by Crippen LogP contribution is 2.66. The lowest BCUT2D eigenvalue weighted by atomic mass is 9.56. The molecule has 2 aliphatic carbocycles. The van der Waals surface area contributed by atoms with Crippen molar-refractivity contribution in [3.63, 3.8) is 0 Å². The van der Waals surface area contributed by atoms with Gasteiger partial charge in [0, 0.05) is 16.5 Å². The Balaban J connectivity index is 1.53. The Morgan fingerprint density at radius 3 is 2.50 bits per heavy atom. The van der Waals surface area contributed by atoms with Gasteiger partial charge in [-0.1, -0.05) is 69.5 Å². The number of nitrogens with zero attached hydrogens (tertiary/aromatic N) is 2. The van der Waals surface area contributed by atoms with Gasteiger partial charge in [-0.15, -0.1) is 29.8 Å². The van der Waals surface area contributed by atoms with E-state index in [1.807, 2.05) is 13.0 Å². The van der Waals surface area contributed by atoms with E-state index in [4.69, 9.17) is 34.8 Å². The smallest absolute Gasteiger partial charge is 0.254 e. The number of rotatable bonds is 5. The van der Waals surface area contributed by atoms with Crippen molar-refractivity contribution in [3.8, 4) is 5.75 Å². The second kappa shape index (κ2) is 10.2. The van der Waals surface area contributed by atoms with Crippen LogP contribution in [0, 0.1) is 24.7 Å². The molecule has 2 aromatic rings. The summed E-state index contributed by atoms with van der Waals surface area (Å²) in [6.45, 7) is 5.58. The molecule has 218 valence electrons. The van der Waals surface area contributed by atoms with Gasteiger partial charge in [0.05, 0.1) is 23.0 Å². The van der Waals surface area contributed by atoms with E-state index in [0.29, 0.717) is 33.8 Å². The fraction of sp³-hybridized carbons (Fsp3) is 0.355. The van der Waals surface area contributed by atoms with Crippen LogP contribution in [0.2, 0.25) is 5.02 Å². The largest absolute Gasteiger partial charge is 0.507 e. The van der Waals surface area contributed by atoms with Crippen LogP contribution in [0.4, 0.5) is 5.69 Å². The summed E-state index contributed by atoms with van der Waals surface area (Å²) in [5.41, 5.74) is 2.53. The number of halogens is 4. The van der Waals surface area contributed by atoms with Crippen molar-refractivity contribution in [1.29, 1.82) is 0 Å². The lowest BCUT2D eigenvalue weighted by molar-refractivity contribution is -0.138. The maximum atomic E-state index is 14.1. The molecule has 2 heterocycles. The van der Waals surface area contributed by atoms with Crippen LogP contribution < -0.4 is 4.90 Å². The van der Waals surface area contributed by atoms with E-state index in [1.54, 1.807) is 42.5 Å². The second-order valence-corrected chi connectivity index (χ2v) is 13.4. The number of carbonyl (C=O) groups excluding carboxylic acids is 4. The van der Waals surface area contributed by atoms with Gasteiger partial charge in [-0.05, 0) is 55.4 Å². The molecule has 3 fully saturated rings. The quantitative estimate of drug-likeness (QED) is 0.180. The van der Waals surface area contributed by atoms with E-state index in [1.165, 1.54) is 0 Å². The number of allylic oxidation sites excluding steroid dienone is 3. The van der Waals surface area contributed by atoms with Crippen molar-refractivity contribution < 1.29 is 24.3 Å². The second-order valence-electron chi connectivity index (χ2n) is 11.3. The highest BCUT2D eigenvalue weighted by Gasteiger charge is 2.76. The van der Waals surface area contributed by atoms with Gasteiger partial charge in [0.1, 0.15) is 5.75 Å². The molecule has 2 aromatic carbocycles. The number of aromatic hydroxyl groups is 1.